The van der Waals surface area contributed by atoms with Crippen LogP contribution >= 0.6 is 15.9 Å². The molecule has 1 heteroatoms. The van der Waals surface area contributed by atoms with Crippen molar-refractivity contribution in [2.45, 2.75) is 5.92 Å². The molecule has 0 heterocycles. The number of alkyl halides is 1. The third-order valence-electron chi connectivity index (χ3n) is 2.21. The Morgan fingerprint density at radius 2 is 2.46 bits per heavy atom. The summed E-state index contributed by atoms with van der Waals surface area (Å²) in [4.78, 5) is 0. The maximum atomic E-state index is 3.38. The normalized spacial score (nSPS) is 19.6. The summed E-state index contributed by atoms with van der Waals surface area (Å²) in [6.07, 6.45) is 8.74. The van der Waals surface area contributed by atoms with Gasteiger partial charge in [0, 0.05) is 11.2 Å². The van der Waals surface area contributed by atoms with Crippen LogP contribution in [-0.2, 0) is 0 Å². The van der Waals surface area contributed by atoms with E-state index in [-0.39, 0.29) is 0 Å². The van der Waals surface area contributed by atoms with Crippen molar-refractivity contribution in [2.75, 3.05) is 5.33 Å². The molecule has 0 nitrogen and oxygen atoms in total. The van der Waals surface area contributed by atoms with Crippen molar-refractivity contribution in [3.05, 3.63) is 53.6 Å². The summed E-state index contributed by atoms with van der Waals surface area (Å²) in [6, 6.07) is 9.23. The van der Waals surface area contributed by atoms with Crippen molar-refractivity contribution < 1.29 is 0 Å². The predicted molar refractivity (Wildman–Crippen MR) is 60.0 cm³/mol. The molecule has 0 saturated heterocycles. The molecule has 0 saturated carbocycles. The molecule has 0 N–H and O–H groups in total. The molecular weight excluding hydrogens is 224 g/mol. The van der Waals surface area contributed by atoms with Crippen LogP contribution in [0.1, 0.15) is 17.0 Å². The molecule has 1 aliphatic rings. The van der Waals surface area contributed by atoms with Gasteiger partial charge in [-0.15, -0.1) is 0 Å². The van der Waals surface area contributed by atoms with E-state index < -0.39 is 0 Å². The summed E-state index contributed by atoms with van der Waals surface area (Å²) in [5.41, 5.74) is 2.68. The number of rotatable bonds is 2. The van der Waals surface area contributed by atoms with Gasteiger partial charge in [0.2, 0.25) is 0 Å². The molecule has 1 aromatic carbocycles. The molecular formula is C12H10Br. The minimum atomic E-state index is 0.460. The number of hydrogen-bond donors (Lipinski definition) is 0. The van der Waals surface area contributed by atoms with Gasteiger partial charge >= 0.3 is 0 Å². The molecule has 0 aliphatic heterocycles. The van der Waals surface area contributed by atoms with Crippen LogP contribution in [0, 0.1) is 6.07 Å². The first-order valence-corrected chi connectivity index (χ1v) is 5.45. The van der Waals surface area contributed by atoms with Gasteiger partial charge in [-0.25, -0.2) is 0 Å². The van der Waals surface area contributed by atoms with Gasteiger partial charge in [0.05, 0.1) is 0 Å². The standard InChI is InChI=1S/C12H10Br/c13-9-3-5-11-8-7-10-4-1-2-6-12(10)11/h2-8,11H,9H2/b5-3+. The zero-order valence-electron chi connectivity index (χ0n) is 7.20. The molecule has 0 fully saturated rings. The number of allylic oxidation sites excluding steroid dienone is 3. The predicted octanol–water partition coefficient (Wildman–Crippen LogP) is 3.55. The van der Waals surface area contributed by atoms with E-state index >= 15 is 0 Å². The number of halogens is 1. The second kappa shape index (κ2) is 3.93. The molecule has 1 atom stereocenters. The molecule has 0 aromatic heterocycles. The van der Waals surface area contributed by atoms with Gasteiger partial charge in [-0.1, -0.05) is 52.4 Å². The molecule has 13 heavy (non-hydrogen) atoms. The Morgan fingerprint density at radius 3 is 3.31 bits per heavy atom. The van der Waals surface area contributed by atoms with Gasteiger partial charge in [-0.3, -0.25) is 0 Å². The van der Waals surface area contributed by atoms with Gasteiger partial charge in [-0.2, -0.15) is 0 Å². The summed E-state index contributed by atoms with van der Waals surface area (Å²) in [5, 5.41) is 0.922. The summed E-state index contributed by atoms with van der Waals surface area (Å²) >= 11 is 3.38. The Labute approximate surface area is 87.1 Å². The highest BCUT2D eigenvalue weighted by Crippen LogP contribution is 2.30. The molecule has 1 aliphatic carbocycles. The fourth-order valence-electron chi connectivity index (χ4n) is 1.58. The van der Waals surface area contributed by atoms with Gasteiger partial charge < -0.3 is 0 Å². The SMILES string of the molecule is BrC/C=C/C1C=Cc2c[c]ccc21. The summed E-state index contributed by atoms with van der Waals surface area (Å²) in [6.45, 7) is 0. The van der Waals surface area contributed by atoms with Crippen LogP contribution in [0.4, 0.5) is 0 Å². The highest BCUT2D eigenvalue weighted by molar-refractivity contribution is 9.09. The van der Waals surface area contributed by atoms with Crippen molar-refractivity contribution in [1.82, 2.24) is 0 Å². The first kappa shape index (κ1) is 8.76. The molecule has 65 valence electrons. The van der Waals surface area contributed by atoms with Gasteiger partial charge in [0.25, 0.3) is 0 Å². The van der Waals surface area contributed by atoms with E-state index in [0.29, 0.717) is 5.92 Å². The highest BCUT2D eigenvalue weighted by atomic mass is 79.9. The molecule has 1 aromatic rings. The van der Waals surface area contributed by atoms with Crippen molar-refractivity contribution >= 4 is 22.0 Å². The monoisotopic (exact) mass is 233 g/mol. The lowest BCUT2D eigenvalue weighted by Gasteiger charge is -2.04. The van der Waals surface area contributed by atoms with Crippen LogP contribution in [-0.4, -0.2) is 5.33 Å². The summed E-state index contributed by atoms with van der Waals surface area (Å²) < 4.78 is 0. The highest BCUT2D eigenvalue weighted by Gasteiger charge is 2.12. The van der Waals surface area contributed by atoms with Gasteiger partial charge in [0.1, 0.15) is 0 Å². The lowest BCUT2D eigenvalue weighted by atomic mass is 10.0. The topological polar surface area (TPSA) is 0 Å². The fourth-order valence-corrected chi connectivity index (χ4v) is 1.80. The summed E-state index contributed by atoms with van der Waals surface area (Å²) in [5.74, 6) is 0.460. The molecule has 1 unspecified atom stereocenters. The van der Waals surface area contributed by atoms with E-state index in [1.165, 1.54) is 11.1 Å². The van der Waals surface area contributed by atoms with Crippen LogP contribution in [0.25, 0.3) is 6.08 Å². The van der Waals surface area contributed by atoms with Crippen molar-refractivity contribution in [1.29, 1.82) is 0 Å². The molecule has 0 bridgehead atoms. The lowest BCUT2D eigenvalue weighted by Crippen LogP contribution is -1.87. The minimum absolute atomic E-state index is 0.460. The third kappa shape index (κ3) is 1.75. The smallest absolute Gasteiger partial charge is 0.0212 e. The first-order valence-electron chi connectivity index (χ1n) is 4.32. The maximum absolute atomic E-state index is 3.38. The molecule has 0 amide bonds. The Balaban J connectivity index is 2.28. The van der Waals surface area contributed by atoms with E-state index in [9.17, 15) is 0 Å². The van der Waals surface area contributed by atoms with E-state index in [2.05, 4.69) is 52.4 Å². The second-order valence-corrected chi connectivity index (χ2v) is 3.67. The van der Waals surface area contributed by atoms with E-state index in [1.54, 1.807) is 0 Å². The van der Waals surface area contributed by atoms with Crippen LogP contribution in [0.5, 0.6) is 0 Å². The molecule has 2 rings (SSSR count). The van der Waals surface area contributed by atoms with Crippen molar-refractivity contribution in [2.24, 2.45) is 0 Å². The lowest BCUT2D eigenvalue weighted by molar-refractivity contribution is 1.11. The van der Waals surface area contributed by atoms with E-state index in [4.69, 9.17) is 0 Å². The Bertz CT molecular complexity index is 350. The first-order chi connectivity index (χ1) is 6.42. The van der Waals surface area contributed by atoms with E-state index in [0.717, 1.165) is 5.33 Å². The average Bonchev–Trinajstić information content (AvgIpc) is 2.58. The largest absolute Gasteiger partial charge is 0.0883 e. The number of fused-ring (bicyclic) bond motifs is 1. The zero-order chi connectivity index (χ0) is 9.10. The number of benzene rings is 1. The second-order valence-electron chi connectivity index (χ2n) is 3.02. The maximum Gasteiger partial charge on any atom is 0.0212 e. The Kier molecular flexibility index (Phi) is 2.65. The third-order valence-corrected chi connectivity index (χ3v) is 2.58. The average molecular weight is 234 g/mol. The van der Waals surface area contributed by atoms with Crippen LogP contribution in [0.2, 0.25) is 0 Å². The zero-order valence-corrected chi connectivity index (χ0v) is 8.79. The number of hydrogen-bond acceptors (Lipinski definition) is 0. The van der Waals surface area contributed by atoms with E-state index in [1.807, 2.05) is 12.1 Å². The van der Waals surface area contributed by atoms with Crippen LogP contribution in [0.3, 0.4) is 0 Å². The molecule has 0 spiro atoms. The van der Waals surface area contributed by atoms with Crippen molar-refractivity contribution in [3.63, 3.8) is 0 Å². The van der Waals surface area contributed by atoms with Gasteiger partial charge in [0.15, 0.2) is 0 Å². The fraction of sp³-hybridized carbons (Fsp3) is 0.167. The quantitative estimate of drug-likeness (QED) is 0.542. The summed E-state index contributed by atoms with van der Waals surface area (Å²) in [7, 11) is 0. The Hall–Kier alpha value is -0.820. The van der Waals surface area contributed by atoms with Crippen molar-refractivity contribution in [3.8, 4) is 0 Å². The molecule has 1 radical (unpaired) electrons. The minimum Gasteiger partial charge on any atom is -0.0883 e. The van der Waals surface area contributed by atoms with Gasteiger partial charge in [-0.05, 0) is 23.3 Å². The van der Waals surface area contributed by atoms with Crippen LogP contribution < -0.4 is 0 Å². The Morgan fingerprint density at radius 1 is 1.54 bits per heavy atom. The van der Waals surface area contributed by atoms with Crippen LogP contribution in [0.15, 0.2) is 36.4 Å².